The molecular weight excluding hydrogens is 240 g/mol. The first-order chi connectivity index (χ1) is 8.41. The van der Waals surface area contributed by atoms with E-state index in [4.69, 9.17) is 10.2 Å². The molecule has 18 heavy (non-hydrogen) atoms. The summed E-state index contributed by atoms with van der Waals surface area (Å²) in [4.78, 5) is 34.8. The maximum Gasteiger partial charge on any atom is 0.326 e. The molecular formula is C11H18N2O5. The fourth-order valence-electron chi connectivity index (χ4n) is 2.01. The predicted molar refractivity (Wildman–Crippen MR) is 62.2 cm³/mol. The number of likely N-dealkylation sites (tertiary alicyclic amines) is 1. The Bertz CT molecular complexity index is 344. The van der Waals surface area contributed by atoms with Crippen LogP contribution in [0.1, 0.15) is 32.6 Å². The van der Waals surface area contributed by atoms with Crippen molar-refractivity contribution in [3.05, 3.63) is 0 Å². The van der Waals surface area contributed by atoms with E-state index in [1.54, 1.807) is 4.90 Å². The van der Waals surface area contributed by atoms with Gasteiger partial charge in [-0.25, -0.2) is 9.59 Å². The second-order valence-electron chi connectivity index (χ2n) is 4.48. The van der Waals surface area contributed by atoms with Crippen LogP contribution in [0.5, 0.6) is 0 Å². The lowest BCUT2D eigenvalue weighted by atomic mass is 10.0. The number of hydrogen-bond acceptors (Lipinski definition) is 3. The number of carboxylic acid groups (broad SMARTS) is 2. The molecule has 1 rings (SSSR count). The van der Waals surface area contributed by atoms with Gasteiger partial charge in [0.1, 0.15) is 6.04 Å². The van der Waals surface area contributed by atoms with Crippen LogP contribution >= 0.6 is 0 Å². The normalized spacial score (nSPS) is 21.2. The molecule has 0 bridgehead atoms. The van der Waals surface area contributed by atoms with E-state index >= 15 is 0 Å². The second kappa shape index (κ2) is 6.23. The number of carboxylic acids is 2. The van der Waals surface area contributed by atoms with Crippen molar-refractivity contribution in [1.82, 2.24) is 10.2 Å². The molecule has 102 valence electrons. The molecule has 0 aromatic carbocycles. The molecule has 1 unspecified atom stereocenters. The summed E-state index contributed by atoms with van der Waals surface area (Å²) < 4.78 is 0. The molecule has 0 saturated carbocycles. The lowest BCUT2D eigenvalue weighted by Gasteiger charge is -2.34. The lowest BCUT2D eigenvalue weighted by Crippen LogP contribution is -2.52. The number of carbonyl (C=O) groups is 3. The number of rotatable bonds is 4. The van der Waals surface area contributed by atoms with Crippen LogP contribution in [0.3, 0.4) is 0 Å². The summed E-state index contributed by atoms with van der Waals surface area (Å²) in [5.41, 5.74) is 0. The van der Waals surface area contributed by atoms with Crippen LogP contribution < -0.4 is 5.32 Å². The standard InChI is InChI=1S/C11H18N2O5/c1-7-4-2-3-5-13(7)11(18)12-8(10(16)17)6-9(14)15/h7-8H,2-6H2,1H3,(H,12,18)(H,14,15)(H,16,17)/t7?,8-/m0/s1. The molecule has 1 saturated heterocycles. The summed E-state index contributed by atoms with van der Waals surface area (Å²) in [7, 11) is 0. The van der Waals surface area contributed by atoms with Crippen LogP contribution in [0.15, 0.2) is 0 Å². The van der Waals surface area contributed by atoms with Crippen molar-refractivity contribution in [2.24, 2.45) is 0 Å². The number of urea groups is 1. The van der Waals surface area contributed by atoms with Gasteiger partial charge in [-0.15, -0.1) is 0 Å². The summed E-state index contributed by atoms with van der Waals surface area (Å²) in [6.45, 7) is 2.47. The molecule has 0 spiro atoms. The summed E-state index contributed by atoms with van der Waals surface area (Å²) in [6, 6.07) is -1.84. The van der Waals surface area contributed by atoms with Crippen molar-refractivity contribution in [3.8, 4) is 0 Å². The lowest BCUT2D eigenvalue weighted by molar-refractivity contribution is -0.145. The first-order valence-electron chi connectivity index (χ1n) is 5.93. The van der Waals surface area contributed by atoms with Gasteiger partial charge in [0.25, 0.3) is 0 Å². The van der Waals surface area contributed by atoms with Crippen molar-refractivity contribution >= 4 is 18.0 Å². The van der Waals surface area contributed by atoms with E-state index in [0.717, 1.165) is 19.3 Å². The Labute approximate surface area is 105 Å². The molecule has 1 fully saturated rings. The van der Waals surface area contributed by atoms with Gasteiger partial charge in [0.15, 0.2) is 0 Å². The number of piperidine rings is 1. The molecule has 7 heteroatoms. The highest BCUT2D eigenvalue weighted by Gasteiger charge is 2.28. The minimum absolute atomic E-state index is 0.0537. The second-order valence-corrected chi connectivity index (χ2v) is 4.48. The summed E-state index contributed by atoms with van der Waals surface area (Å²) in [5.74, 6) is -2.59. The topological polar surface area (TPSA) is 107 Å². The first kappa shape index (κ1) is 14.3. The summed E-state index contributed by atoms with van der Waals surface area (Å²) in [5, 5.41) is 19.7. The SMILES string of the molecule is CC1CCCCN1C(=O)N[C@@H](CC(=O)O)C(=O)O. The zero-order valence-corrected chi connectivity index (χ0v) is 10.3. The minimum atomic E-state index is -1.39. The molecule has 0 aliphatic carbocycles. The smallest absolute Gasteiger partial charge is 0.326 e. The number of amides is 2. The van der Waals surface area contributed by atoms with Gasteiger partial charge in [-0.1, -0.05) is 0 Å². The van der Waals surface area contributed by atoms with Gasteiger partial charge in [-0.3, -0.25) is 4.79 Å². The number of nitrogens with zero attached hydrogens (tertiary/aromatic N) is 1. The summed E-state index contributed by atoms with van der Waals surface area (Å²) in [6.07, 6.45) is 2.18. The van der Waals surface area contributed by atoms with Gasteiger partial charge in [0.2, 0.25) is 0 Å². The molecule has 0 radical (unpaired) electrons. The van der Waals surface area contributed by atoms with Crippen molar-refractivity contribution in [2.45, 2.75) is 44.7 Å². The van der Waals surface area contributed by atoms with E-state index in [1.807, 2.05) is 6.92 Å². The van der Waals surface area contributed by atoms with E-state index in [9.17, 15) is 14.4 Å². The zero-order valence-electron chi connectivity index (χ0n) is 10.3. The highest BCUT2D eigenvalue weighted by Crippen LogP contribution is 2.16. The van der Waals surface area contributed by atoms with Crippen LogP contribution in [0.2, 0.25) is 0 Å². The fraction of sp³-hybridized carbons (Fsp3) is 0.727. The molecule has 2 atom stereocenters. The Morgan fingerprint density at radius 2 is 2.00 bits per heavy atom. The van der Waals surface area contributed by atoms with Gasteiger partial charge < -0.3 is 20.4 Å². The Morgan fingerprint density at radius 3 is 2.50 bits per heavy atom. The van der Waals surface area contributed by atoms with Gasteiger partial charge in [0.05, 0.1) is 6.42 Å². The first-order valence-corrected chi connectivity index (χ1v) is 5.93. The molecule has 1 aliphatic heterocycles. The van der Waals surface area contributed by atoms with E-state index in [0.29, 0.717) is 6.54 Å². The van der Waals surface area contributed by atoms with Crippen LogP contribution in [0.4, 0.5) is 4.79 Å². The van der Waals surface area contributed by atoms with E-state index < -0.39 is 30.4 Å². The van der Waals surface area contributed by atoms with Gasteiger partial charge in [0, 0.05) is 12.6 Å². The highest BCUT2D eigenvalue weighted by atomic mass is 16.4. The number of carbonyl (C=O) groups excluding carboxylic acids is 1. The maximum absolute atomic E-state index is 11.9. The van der Waals surface area contributed by atoms with Crippen LogP contribution in [-0.4, -0.2) is 51.7 Å². The molecule has 7 nitrogen and oxygen atoms in total. The third kappa shape index (κ3) is 3.90. The largest absolute Gasteiger partial charge is 0.481 e. The van der Waals surface area contributed by atoms with E-state index in [-0.39, 0.29) is 6.04 Å². The Morgan fingerprint density at radius 1 is 1.33 bits per heavy atom. The van der Waals surface area contributed by atoms with Crippen molar-refractivity contribution in [2.75, 3.05) is 6.54 Å². The van der Waals surface area contributed by atoms with Crippen molar-refractivity contribution in [3.63, 3.8) is 0 Å². The number of nitrogens with one attached hydrogen (secondary N) is 1. The maximum atomic E-state index is 11.9. The molecule has 3 N–H and O–H groups in total. The van der Waals surface area contributed by atoms with E-state index in [2.05, 4.69) is 5.32 Å². The fourth-order valence-corrected chi connectivity index (χ4v) is 2.01. The molecule has 2 amide bonds. The Balaban J connectivity index is 2.59. The average molecular weight is 258 g/mol. The van der Waals surface area contributed by atoms with Crippen LogP contribution in [-0.2, 0) is 9.59 Å². The summed E-state index contributed by atoms with van der Waals surface area (Å²) >= 11 is 0. The van der Waals surface area contributed by atoms with Gasteiger partial charge in [-0.2, -0.15) is 0 Å². The molecule has 0 aromatic heterocycles. The minimum Gasteiger partial charge on any atom is -0.481 e. The van der Waals surface area contributed by atoms with E-state index in [1.165, 1.54) is 0 Å². The van der Waals surface area contributed by atoms with Crippen LogP contribution in [0.25, 0.3) is 0 Å². The predicted octanol–water partition coefficient (Wildman–Crippen LogP) is 0.498. The average Bonchev–Trinajstić information content (AvgIpc) is 2.27. The zero-order chi connectivity index (χ0) is 13.7. The quantitative estimate of drug-likeness (QED) is 0.680. The monoisotopic (exact) mass is 258 g/mol. The number of hydrogen-bond donors (Lipinski definition) is 3. The third-order valence-electron chi connectivity index (χ3n) is 3.04. The Hall–Kier alpha value is -1.79. The Kier molecular flexibility index (Phi) is 4.94. The van der Waals surface area contributed by atoms with Crippen molar-refractivity contribution < 1.29 is 24.6 Å². The van der Waals surface area contributed by atoms with Gasteiger partial charge >= 0.3 is 18.0 Å². The van der Waals surface area contributed by atoms with Crippen molar-refractivity contribution in [1.29, 1.82) is 0 Å². The third-order valence-corrected chi connectivity index (χ3v) is 3.04. The highest BCUT2D eigenvalue weighted by molar-refractivity contribution is 5.86. The molecule has 0 aromatic rings. The number of aliphatic carboxylic acids is 2. The van der Waals surface area contributed by atoms with Crippen LogP contribution in [0, 0.1) is 0 Å². The molecule has 1 heterocycles. The molecule has 1 aliphatic rings. The van der Waals surface area contributed by atoms with Gasteiger partial charge in [-0.05, 0) is 26.2 Å².